The molecule has 70 valence electrons. The van der Waals surface area contributed by atoms with E-state index in [1.807, 2.05) is 0 Å². The Morgan fingerprint density at radius 1 is 1.31 bits per heavy atom. The van der Waals surface area contributed by atoms with Gasteiger partial charge in [-0.05, 0) is 44.4 Å². The molecule has 4 aliphatic rings. The molecule has 13 heavy (non-hydrogen) atoms. The summed E-state index contributed by atoms with van der Waals surface area (Å²) >= 11 is 0. The van der Waals surface area contributed by atoms with Crippen molar-refractivity contribution in [3.8, 4) is 0 Å². The number of allylic oxidation sites excluding steroid dienone is 2. The van der Waals surface area contributed by atoms with Gasteiger partial charge in [0.15, 0.2) is 0 Å². The van der Waals surface area contributed by atoms with Gasteiger partial charge >= 0.3 is 0 Å². The molecule has 4 aliphatic carbocycles. The first-order valence-corrected chi connectivity index (χ1v) is 5.40. The van der Waals surface area contributed by atoms with Crippen LogP contribution in [0.25, 0.3) is 0 Å². The molecule has 1 spiro atoms. The highest BCUT2D eigenvalue weighted by molar-refractivity contribution is 5.90. The lowest BCUT2D eigenvalue weighted by Crippen LogP contribution is -2.44. The maximum Gasteiger partial charge on any atom is 0.143 e. The third-order valence-corrected chi connectivity index (χ3v) is 4.53. The van der Waals surface area contributed by atoms with Crippen LogP contribution in [-0.2, 0) is 4.79 Å². The van der Waals surface area contributed by atoms with E-state index in [9.17, 15) is 4.79 Å². The van der Waals surface area contributed by atoms with Crippen LogP contribution in [0.3, 0.4) is 0 Å². The Morgan fingerprint density at radius 3 is 2.92 bits per heavy atom. The second-order valence-corrected chi connectivity index (χ2v) is 5.32. The van der Waals surface area contributed by atoms with E-state index in [-0.39, 0.29) is 5.41 Å². The minimum Gasteiger partial charge on any atom is -0.299 e. The highest BCUT2D eigenvalue weighted by atomic mass is 16.1. The molecule has 1 heteroatoms. The summed E-state index contributed by atoms with van der Waals surface area (Å²) in [6, 6.07) is 0. The van der Waals surface area contributed by atoms with E-state index in [0.717, 1.165) is 12.8 Å². The highest BCUT2D eigenvalue weighted by Gasteiger charge is 2.53. The molecule has 0 N–H and O–H groups in total. The van der Waals surface area contributed by atoms with Crippen molar-refractivity contribution in [3.63, 3.8) is 0 Å². The number of carbonyl (C=O) groups is 1. The van der Waals surface area contributed by atoms with Gasteiger partial charge in [0, 0.05) is 11.8 Å². The zero-order chi connectivity index (χ0) is 9.10. The Kier molecular flexibility index (Phi) is 1.24. The van der Waals surface area contributed by atoms with Crippen molar-refractivity contribution in [1.29, 1.82) is 0 Å². The Morgan fingerprint density at radius 2 is 2.15 bits per heavy atom. The van der Waals surface area contributed by atoms with E-state index in [2.05, 4.69) is 13.0 Å². The predicted octanol–water partition coefficient (Wildman–Crippen LogP) is 2.86. The second kappa shape index (κ2) is 2.08. The third kappa shape index (κ3) is 0.806. The number of hydrogen-bond donors (Lipinski definition) is 0. The smallest absolute Gasteiger partial charge is 0.143 e. The molecule has 0 radical (unpaired) electrons. The monoisotopic (exact) mass is 176 g/mol. The van der Waals surface area contributed by atoms with Gasteiger partial charge in [0.25, 0.3) is 0 Å². The number of fused-ring (bicyclic) bond motifs is 2. The first-order valence-electron chi connectivity index (χ1n) is 5.40. The summed E-state index contributed by atoms with van der Waals surface area (Å²) in [5.41, 5.74) is 1.91. The SMILES string of the molecule is CC12C=C3CCCC3(CC1)CC2=O. The molecular formula is C12H16O. The average Bonchev–Trinajstić information content (AvgIpc) is 2.46. The van der Waals surface area contributed by atoms with Gasteiger partial charge in [-0.2, -0.15) is 0 Å². The molecule has 0 heterocycles. The van der Waals surface area contributed by atoms with E-state index in [0.29, 0.717) is 11.2 Å². The van der Waals surface area contributed by atoms with Gasteiger partial charge in [-0.3, -0.25) is 4.79 Å². The maximum atomic E-state index is 11.9. The lowest BCUT2D eigenvalue weighted by Gasteiger charge is -2.47. The fourth-order valence-electron chi connectivity index (χ4n) is 3.53. The van der Waals surface area contributed by atoms with Crippen LogP contribution >= 0.6 is 0 Å². The number of carbonyl (C=O) groups excluding carboxylic acids is 1. The summed E-state index contributed by atoms with van der Waals surface area (Å²) in [7, 11) is 0. The fraction of sp³-hybridized carbons (Fsp3) is 0.750. The molecule has 2 unspecified atom stereocenters. The van der Waals surface area contributed by atoms with Crippen LogP contribution in [0.5, 0.6) is 0 Å². The standard InChI is InChI=1S/C12H16O/c1-11-5-6-12(8-10(11)13)4-2-3-9(12)7-11/h7H,2-6,8H2,1H3. The second-order valence-electron chi connectivity index (χ2n) is 5.32. The summed E-state index contributed by atoms with van der Waals surface area (Å²) in [6.07, 6.45) is 9.42. The molecule has 0 aromatic heterocycles. The molecule has 1 nitrogen and oxygen atoms in total. The molecule has 0 aromatic rings. The van der Waals surface area contributed by atoms with Gasteiger partial charge in [-0.15, -0.1) is 0 Å². The molecule has 2 atom stereocenters. The lowest BCUT2D eigenvalue weighted by atomic mass is 9.56. The first-order chi connectivity index (χ1) is 6.15. The van der Waals surface area contributed by atoms with Crippen molar-refractivity contribution in [2.45, 2.75) is 45.4 Å². The molecule has 4 rings (SSSR count). The lowest BCUT2D eigenvalue weighted by molar-refractivity contribution is -0.132. The van der Waals surface area contributed by atoms with Crippen molar-refractivity contribution in [2.24, 2.45) is 10.8 Å². The van der Waals surface area contributed by atoms with Crippen LogP contribution in [0.4, 0.5) is 0 Å². The number of ketones is 1. The summed E-state index contributed by atoms with van der Waals surface area (Å²) in [5.74, 6) is 0.504. The quantitative estimate of drug-likeness (QED) is 0.519. The number of rotatable bonds is 0. The average molecular weight is 176 g/mol. The number of hydrogen-bond acceptors (Lipinski definition) is 1. The van der Waals surface area contributed by atoms with Gasteiger partial charge in [0.1, 0.15) is 5.78 Å². The first kappa shape index (κ1) is 7.78. The highest BCUT2D eigenvalue weighted by Crippen LogP contribution is 2.60. The normalized spacial score (nSPS) is 47.8. The van der Waals surface area contributed by atoms with Crippen LogP contribution in [0.15, 0.2) is 11.6 Å². The Bertz CT molecular complexity index is 315. The maximum absolute atomic E-state index is 11.9. The number of Topliss-reactive ketones (excluding diaryl/α,β-unsaturated/α-hetero) is 1. The van der Waals surface area contributed by atoms with E-state index < -0.39 is 0 Å². The molecular weight excluding hydrogens is 160 g/mol. The van der Waals surface area contributed by atoms with Gasteiger partial charge in [0.2, 0.25) is 0 Å². The van der Waals surface area contributed by atoms with Crippen molar-refractivity contribution in [1.82, 2.24) is 0 Å². The third-order valence-electron chi connectivity index (χ3n) is 4.53. The minimum absolute atomic E-state index is 0.0680. The van der Waals surface area contributed by atoms with Crippen molar-refractivity contribution >= 4 is 5.78 Å². The van der Waals surface area contributed by atoms with E-state index in [4.69, 9.17) is 0 Å². The van der Waals surface area contributed by atoms with Crippen LogP contribution in [0.1, 0.15) is 45.4 Å². The topological polar surface area (TPSA) is 17.1 Å². The van der Waals surface area contributed by atoms with Crippen molar-refractivity contribution in [3.05, 3.63) is 11.6 Å². The van der Waals surface area contributed by atoms with Crippen LogP contribution in [0.2, 0.25) is 0 Å². The van der Waals surface area contributed by atoms with Gasteiger partial charge in [-0.1, -0.05) is 11.6 Å². The van der Waals surface area contributed by atoms with E-state index in [1.165, 1.54) is 25.7 Å². The summed E-state index contributed by atoms with van der Waals surface area (Å²) in [4.78, 5) is 11.9. The van der Waals surface area contributed by atoms with Gasteiger partial charge in [-0.25, -0.2) is 0 Å². The molecule has 0 saturated heterocycles. The van der Waals surface area contributed by atoms with Crippen molar-refractivity contribution in [2.75, 3.05) is 0 Å². The summed E-state index contributed by atoms with van der Waals surface area (Å²) in [5, 5.41) is 0. The predicted molar refractivity (Wildman–Crippen MR) is 51.3 cm³/mol. The molecule has 2 fully saturated rings. The van der Waals surface area contributed by atoms with E-state index >= 15 is 0 Å². The summed E-state index contributed by atoms with van der Waals surface area (Å²) in [6.45, 7) is 2.13. The Balaban J connectivity index is 2.16. The molecule has 0 amide bonds. The van der Waals surface area contributed by atoms with Crippen LogP contribution in [0, 0.1) is 10.8 Å². The van der Waals surface area contributed by atoms with Gasteiger partial charge in [0.05, 0.1) is 0 Å². The van der Waals surface area contributed by atoms with Crippen LogP contribution < -0.4 is 0 Å². The molecule has 2 saturated carbocycles. The Hall–Kier alpha value is -0.590. The largest absolute Gasteiger partial charge is 0.299 e. The molecule has 0 aliphatic heterocycles. The minimum atomic E-state index is -0.0680. The fourth-order valence-corrected chi connectivity index (χ4v) is 3.53. The summed E-state index contributed by atoms with van der Waals surface area (Å²) < 4.78 is 0. The zero-order valence-corrected chi connectivity index (χ0v) is 8.23. The molecule has 0 aromatic carbocycles. The molecule has 2 bridgehead atoms. The Labute approximate surface area is 79.2 Å². The zero-order valence-electron chi connectivity index (χ0n) is 8.23. The van der Waals surface area contributed by atoms with E-state index in [1.54, 1.807) is 5.57 Å². The van der Waals surface area contributed by atoms with Crippen LogP contribution in [-0.4, -0.2) is 5.78 Å². The van der Waals surface area contributed by atoms with Crippen molar-refractivity contribution < 1.29 is 4.79 Å². The van der Waals surface area contributed by atoms with Gasteiger partial charge < -0.3 is 0 Å².